The van der Waals surface area contributed by atoms with Crippen molar-refractivity contribution in [3.05, 3.63) is 34.3 Å². The van der Waals surface area contributed by atoms with Gasteiger partial charge in [-0.05, 0) is 49.8 Å². The molecule has 1 aliphatic carbocycles. The Morgan fingerprint density at radius 3 is 2.36 bits per heavy atom. The largest absolute Gasteiger partial charge is 0.356 e. The number of hydrogen-bond donors (Lipinski definition) is 1. The fourth-order valence-corrected chi connectivity index (χ4v) is 5.02. The van der Waals surface area contributed by atoms with E-state index in [9.17, 15) is 9.59 Å². The molecule has 0 spiro atoms. The van der Waals surface area contributed by atoms with Crippen LogP contribution in [0.25, 0.3) is 0 Å². The monoisotopic (exact) mass is 448 g/mol. The second kappa shape index (κ2) is 9.91. The van der Waals surface area contributed by atoms with Gasteiger partial charge >= 0.3 is 0 Å². The van der Waals surface area contributed by atoms with Crippen molar-refractivity contribution in [3.63, 3.8) is 0 Å². The van der Waals surface area contributed by atoms with E-state index in [2.05, 4.69) is 40.3 Å². The molecule has 0 atom stereocenters. The van der Waals surface area contributed by atoms with Gasteiger partial charge in [-0.3, -0.25) is 9.59 Å². The van der Waals surface area contributed by atoms with E-state index < -0.39 is 0 Å². The first-order valence-corrected chi connectivity index (χ1v) is 11.7. The van der Waals surface area contributed by atoms with Crippen LogP contribution in [-0.4, -0.2) is 36.3 Å². The maximum Gasteiger partial charge on any atom is 0.233 e. The van der Waals surface area contributed by atoms with Gasteiger partial charge in [0.05, 0.1) is 5.41 Å². The Balaban J connectivity index is 1.59. The molecule has 2 amide bonds. The first-order chi connectivity index (χ1) is 13.6. The third kappa shape index (κ3) is 4.79. The minimum absolute atomic E-state index is 0.0536. The van der Waals surface area contributed by atoms with Gasteiger partial charge in [0.15, 0.2) is 0 Å². The van der Waals surface area contributed by atoms with Crippen molar-refractivity contribution in [3.8, 4) is 0 Å². The average molecular weight is 449 g/mol. The summed E-state index contributed by atoms with van der Waals surface area (Å²) in [6.07, 6.45) is 9.02. The van der Waals surface area contributed by atoms with Crippen LogP contribution in [0.1, 0.15) is 70.3 Å². The normalized spacial score (nSPS) is 19.6. The Hall–Kier alpha value is -1.36. The Bertz CT molecular complexity index is 660. The van der Waals surface area contributed by atoms with Crippen LogP contribution in [0.3, 0.4) is 0 Å². The molecular weight excluding hydrogens is 416 g/mol. The lowest BCUT2D eigenvalue weighted by Gasteiger charge is -2.38. The fraction of sp³-hybridized carbons (Fsp3) is 0.652. The average Bonchev–Trinajstić information content (AvgIpc) is 3.22. The second-order valence-electron chi connectivity index (χ2n) is 8.36. The van der Waals surface area contributed by atoms with Gasteiger partial charge in [0.25, 0.3) is 0 Å². The number of halogens is 1. The van der Waals surface area contributed by atoms with E-state index in [1.807, 2.05) is 17.0 Å². The number of benzene rings is 1. The maximum absolute atomic E-state index is 13.5. The summed E-state index contributed by atoms with van der Waals surface area (Å²) in [6, 6.07) is 8.28. The first-order valence-electron chi connectivity index (χ1n) is 10.9. The van der Waals surface area contributed by atoms with Crippen LogP contribution in [-0.2, 0) is 15.0 Å². The van der Waals surface area contributed by atoms with Crippen LogP contribution in [0.2, 0.25) is 0 Å². The summed E-state index contributed by atoms with van der Waals surface area (Å²) in [7, 11) is 0. The van der Waals surface area contributed by atoms with Gasteiger partial charge in [-0.1, -0.05) is 60.7 Å². The number of amides is 2. The number of nitrogens with zero attached hydrogens (tertiary/aromatic N) is 1. The van der Waals surface area contributed by atoms with Crippen molar-refractivity contribution < 1.29 is 9.59 Å². The maximum atomic E-state index is 13.5. The number of carbonyl (C=O) groups is 2. The highest BCUT2D eigenvalue weighted by Gasteiger charge is 2.45. The van der Waals surface area contributed by atoms with Gasteiger partial charge in [0, 0.05) is 30.0 Å². The standard InChI is InChI=1S/C23H33BrN2O2/c1-2-3-6-15-25-21(27)18-11-16-26(17-12-18)22(28)23(13-4-5-14-23)19-7-9-20(24)10-8-19/h7-10,18H,2-6,11-17H2,1H3,(H,25,27). The molecular formula is C23H33BrN2O2. The quantitative estimate of drug-likeness (QED) is 0.608. The summed E-state index contributed by atoms with van der Waals surface area (Å²) < 4.78 is 1.04. The highest BCUT2D eigenvalue weighted by atomic mass is 79.9. The number of hydrogen-bond acceptors (Lipinski definition) is 2. The van der Waals surface area contributed by atoms with Gasteiger partial charge in [0.2, 0.25) is 11.8 Å². The molecule has 154 valence electrons. The topological polar surface area (TPSA) is 49.4 Å². The smallest absolute Gasteiger partial charge is 0.233 e. The fourth-order valence-electron chi connectivity index (χ4n) is 4.75. The van der Waals surface area contributed by atoms with E-state index in [0.29, 0.717) is 13.1 Å². The summed E-state index contributed by atoms with van der Waals surface area (Å²) in [6.45, 7) is 4.34. The van der Waals surface area contributed by atoms with Crippen LogP contribution in [0.15, 0.2) is 28.7 Å². The minimum atomic E-state index is -0.365. The van der Waals surface area contributed by atoms with E-state index in [1.165, 1.54) is 0 Å². The highest BCUT2D eigenvalue weighted by Crippen LogP contribution is 2.43. The highest BCUT2D eigenvalue weighted by molar-refractivity contribution is 9.10. The molecule has 4 nitrogen and oxygen atoms in total. The molecule has 1 N–H and O–H groups in total. The van der Waals surface area contributed by atoms with Crippen molar-refractivity contribution in [1.29, 1.82) is 0 Å². The molecule has 0 radical (unpaired) electrons. The molecule has 1 aliphatic heterocycles. The molecule has 1 aromatic rings. The lowest BCUT2D eigenvalue weighted by Crippen LogP contribution is -2.50. The van der Waals surface area contributed by atoms with E-state index in [-0.39, 0.29) is 23.1 Å². The zero-order valence-corrected chi connectivity index (χ0v) is 18.6. The van der Waals surface area contributed by atoms with Gasteiger partial charge in [-0.15, -0.1) is 0 Å². The van der Waals surface area contributed by atoms with Crippen molar-refractivity contribution >= 4 is 27.7 Å². The van der Waals surface area contributed by atoms with Crippen molar-refractivity contribution in [2.45, 2.75) is 70.1 Å². The van der Waals surface area contributed by atoms with Gasteiger partial charge < -0.3 is 10.2 Å². The number of rotatable bonds is 7. The van der Waals surface area contributed by atoms with Crippen LogP contribution in [0.5, 0.6) is 0 Å². The third-order valence-corrected chi connectivity index (χ3v) is 7.02. The molecule has 2 aliphatic rings. The zero-order valence-electron chi connectivity index (χ0n) is 17.0. The third-order valence-electron chi connectivity index (χ3n) is 6.50. The molecule has 2 fully saturated rings. The summed E-state index contributed by atoms with van der Waals surface area (Å²) in [4.78, 5) is 28.0. The molecule has 5 heteroatoms. The SMILES string of the molecule is CCCCCNC(=O)C1CCN(C(=O)C2(c3ccc(Br)cc3)CCCC2)CC1. The Morgan fingerprint density at radius 1 is 1.11 bits per heavy atom. The molecule has 28 heavy (non-hydrogen) atoms. The summed E-state index contributed by atoms with van der Waals surface area (Å²) in [5.41, 5.74) is 0.782. The van der Waals surface area contributed by atoms with E-state index in [4.69, 9.17) is 0 Å². The molecule has 3 rings (SSSR count). The van der Waals surface area contributed by atoms with E-state index >= 15 is 0 Å². The Labute approximate surface area is 177 Å². The molecule has 1 saturated heterocycles. The molecule has 1 heterocycles. The van der Waals surface area contributed by atoms with Gasteiger partial charge in [0.1, 0.15) is 0 Å². The Morgan fingerprint density at radius 2 is 1.75 bits per heavy atom. The molecule has 0 bridgehead atoms. The first kappa shape index (κ1) is 21.4. The number of piperidine rings is 1. The summed E-state index contributed by atoms with van der Waals surface area (Å²) in [5.74, 6) is 0.499. The van der Waals surface area contributed by atoms with Crippen LogP contribution in [0, 0.1) is 5.92 Å². The van der Waals surface area contributed by atoms with Gasteiger partial charge in [-0.2, -0.15) is 0 Å². The number of unbranched alkanes of at least 4 members (excludes halogenated alkanes) is 2. The summed E-state index contributed by atoms with van der Waals surface area (Å²) in [5, 5.41) is 3.08. The van der Waals surface area contributed by atoms with Crippen molar-refractivity contribution in [1.82, 2.24) is 10.2 Å². The minimum Gasteiger partial charge on any atom is -0.356 e. The van der Waals surface area contributed by atoms with Crippen molar-refractivity contribution in [2.24, 2.45) is 5.92 Å². The number of nitrogens with one attached hydrogen (secondary N) is 1. The predicted octanol–water partition coefficient (Wildman–Crippen LogP) is 4.81. The van der Waals surface area contributed by atoms with Crippen LogP contribution < -0.4 is 5.32 Å². The van der Waals surface area contributed by atoms with Crippen LogP contribution >= 0.6 is 15.9 Å². The lowest BCUT2D eigenvalue weighted by molar-refractivity contribution is -0.140. The zero-order chi connectivity index (χ0) is 20.0. The number of carbonyl (C=O) groups excluding carboxylic acids is 2. The number of likely N-dealkylation sites (tertiary alicyclic amines) is 1. The molecule has 1 aromatic carbocycles. The predicted molar refractivity (Wildman–Crippen MR) is 116 cm³/mol. The molecule has 1 saturated carbocycles. The molecule has 0 unspecified atom stereocenters. The van der Waals surface area contributed by atoms with E-state index in [0.717, 1.165) is 74.4 Å². The van der Waals surface area contributed by atoms with E-state index in [1.54, 1.807) is 0 Å². The van der Waals surface area contributed by atoms with Crippen molar-refractivity contribution in [2.75, 3.05) is 19.6 Å². The van der Waals surface area contributed by atoms with Crippen LogP contribution in [0.4, 0.5) is 0 Å². The second-order valence-corrected chi connectivity index (χ2v) is 9.28. The molecule has 0 aromatic heterocycles. The van der Waals surface area contributed by atoms with Gasteiger partial charge in [-0.25, -0.2) is 0 Å². The Kier molecular flexibility index (Phi) is 7.55. The lowest BCUT2D eigenvalue weighted by atomic mass is 9.77. The summed E-state index contributed by atoms with van der Waals surface area (Å²) >= 11 is 3.50.